The zero-order valence-electron chi connectivity index (χ0n) is 11.1. The van der Waals surface area contributed by atoms with E-state index in [1.165, 1.54) is 6.33 Å². The molecule has 0 spiro atoms. The molecule has 0 aliphatic carbocycles. The van der Waals surface area contributed by atoms with Crippen molar-refractivity contribution in [3.05, 3.63) is 42.0 Å². The van der Waals surface area contributed by atoms with E-state index < -0.39 is 0 Å². The zero-order chi connectivity index (χ0) is 14.1. The Balaban J connectivity index is 1.94. The maximum Gasteiger partial charge on any atom is 0.183 e. The molecule has 0 amide bonds. The third-order valence-electron chi connectivity index (χ3n) is 2.96. The Bertz CT molecular complexity index is 776. The quantitative estimate of drug-likeness (QED) is 0.713. The molecular weight excluding hydrogens is 254 g/mol. The average Bonchev–Trinajstić information content (AvgIpc) is 2.81. The fourth-order valence-corrected chi connectivity index (χ4v) is 1.96. The summed E-state index contributed by atoms with van der Waals surface area (Å²) in [4.78, 5) is 26.9. The number of hydrogen-bond acceptors (Lipinski definition) is 5. The maximum atomic E-state index is 11.2. The minimum absolute atomic E-state index is 0.0465. The van der Waals surface area contributed by atoms with Crippen molar-refractivity contribution < 1.29 is 4.79 Å². The number of ketones is 1. The number of aromatic nitrogens is 4. The zero-order valence-corrected chi connectivity index (χ0v) is 11.1. The molecule has 20 heavy (non-hydrogen) atoms. The summed E-state index contributed by atoms with van der Waals surface area (Å²) in [5, 5.41) is 3.19. The van der Waals surface area contributed by atoms with Gasteiger partial charge in [0.25, 0.3) is 0 Å². The molecule has 6 heteroatoms. The summed E-state index contributed by atoms with van der Waals surface area (Å²) in [6.07, 6.45) is 1.47. The van der Waals surface area contributed by atoms with Crippen LogP contribution in [-0.4, -0.2) is 25.7 Å². The second-order valence-electron chi connectivity index (χ2n) is 4.50. The first-order valence-corrected chi connectivity index (χ1v) is 6.19. The van der Waals surface area contributed by atoms with E-state index in [1.54, 1.807) is 19.1 Å². The van der Waals surface area contributed by atoms with Crippen LogP contribution in [0.3, 0.4) is 0 Å². The number of rotatable bonds is 3. The summed E-state index contributed by atoms with van der Waals surface area (Å²) < 4.78 is 0. The number of carbonyl (C=O) groups is 1. The number of nitrogens with zero attached hydrogens (tertiary/aromatic N) is 3. The highest BCUT2D eigenvalue weighted by atomic mass is 16.1. The summed E-state index contributed by atoms with van der Waals surface area (Å²) in [5.41, 5.74) is 2.92. The molecule has 0 atom stereocenters. The lowest BCUT2D eigenvalue weighted by molar-refractivity contribution is 0.101. The smallest absolute Gasteiger partial charge is 0.183 e. The van der Waals surface area contributed by atoms with Gasteiger partial charge in [-0.3, -0.25) is 4.79 Å². The molecule has 3 aromatic rings. The summed E-state index contributed by atoms with van der Waals surface area (Å²) in [6, 6.07) is 7.24. The Kier molecular flexibility index (Phi) is 2.90. The van der Waals surface area contributed by atoms with Gasteiger partial charge in [-0.05, 0) is 38.1 Å². The number of aryl methyl sites for hydroxylation is 1. The summed E-state index contributed by atoms with van der Waals surface area (Å²) in [7, 11) is 0. The van der Waals surface area contributed by atoms with Gasteiger partial charge in [0.15, 0.2) is 17.2 Å². The third-order valence-corrected chi connectivity index (χ3v) is 2.96. The normalized spacial score (nSPS) is 10.7. The molecule has 2 heterocycles. The topological polar surface area (TPSA) is 83.6 Å². The molecule has 2 aromatic heterocycles. The van der Waals surface area contributed by atoms with Crippen molar-refractivity contribution in [2.45, 2.75) is 13.8 Å². The summed E-state index contributed by atoms with van der Waals surface area (Å²) >= 11 is 0. The lowest BCUT2D eigenvalue weighted by Crippen LogP contribution is -1.97. The van der Waals surface area contributed by atoms with Crippen LogP contribution in [0.1, 0.15) is 23.1 Å². The van der Waals surface area contributed by atoms with E-state index in [1.807, 2.05) is 19.1 Å². The number of hydrogen-bond donors (Lipinski definition) is 2. The predicted octanol–water partition coefficient (Wildman–Crippen LogP) is 2.61. The van der Waals surface area contributed by atoms with Crippen LogP contribution >= 0.6 is 0 Å². The first-order valence-electron chi connectivity index (χ1n) is 6.19. The molecular formula is C14H13N5O. The number of fused-ring (bicyclic) bond motifs is 1. The first kappa shape index (κ1) is 12.3. The average molecular weight is 267 g/mol. The first-order chi connectivity index (χ1) is 9.63. The van der Waals surface area contributed by atoms with E-state index >= 15 is 0 Å². The monoisotopic (exact) mass is 267 g/mol. The molecule has 0 saturated carbocycles. The largest absolute Gasteiger partial charge is 0.338 e. The van der Waals surface area contributed by atoms with Gasteiger partial charge in [-0.25, -0.2) is 15.0 Å². The molecule has 0 bridgehead atoms. The van der Waals surface area contributed by atoms with Crippen molar-refractivity contribution in [1.29, 1.82) is 0 Å². The molecule has 0 radical (unpaired) electrons. The number of H-pyrrole nitrogens is 1. The van der Waals surface area contributed by atoms with Gasteiger partial charge in [-0.15, -0.1) is 0 Å². The highest BCUT2D eigenvalue weighted by Crippen LogP contribution is 2.21. The van der Waals surface area contributed by atoms with Gasteiger partial charge in [0.2, 0.25) is 0 Å². The lowest BCUT2D eigenvalue weighted by atomic mass is 10.1. The van der Waals surface area contributed by atoms with E-state index in [0.29, 0.717) is 17.0 Å². The van der Waals surface area contributed by atoms with E-state index in [0.717, 1.165) is 17.0 Å². The van der Waals surface area contributed by atoms with E-state index in [4.69, 9.17) is 0 Å². The van der Waals surface area contributed by atoms with Crippen molar-refractivity contribution in [3.63, 3.8) is 0 Å². The third kappa shape index (κ3) is 2.23. The van der Waals surface area contributed by atoms with Crippen LogP contribution in [0.4, 0.5) is 11.5 Å². The second kappa shape index (κ2) is 4.73. The minimum Gasteiger partial charge on any atom is -0.338 e. The van der Waals surface area contributed by atoms with Crippen molar-refractivity contribution in [1.82, 2.24) is 19.9 Å². The molecule has 100 valence electrons. The predicted molar refractivity (Wildman–Crippen MR) is 76.1 cm³/mol. The lowest BCUT2D eigenvalue weighted by Gasteiger charge is -2.06. The molecule has 0 unspecified atom stereocenters. The van der Waals surface area contributed by atoms with E-state index in [-0.39, 0.29) is 5.78 Å². The van der Waals surface area contributed by atoms with Crippen molar-refractivity contribution in [2.75, 3.05) is 5.32 Å². The van der Waals surface area contributed by atoms with Gasteiger partial charge >= 0.3 is 0 Å². The summed E-state index contributed by atoms with van der Waals surface area (Å²) in [6.45, 7) is 3.41. The van der Waals surface area contributed by atoms with Crippen LogP contribution in [-0.2, 0) is 0 Å². The van der Waals surface area contributed by atoms with Gasteiger partial charge in [0.1, 0.15) is 17.7 Å². The fraction of sp³-hybridized carbons (Fsp3) is 0.143. The standard InChI is InChI=1S/C14H13N5O/c1-8(20)10-3-5-11(6-4-10)19-14-12-13(15-7-16-14)18-9(2)17-12/h3-7H,1-2H3,(H2,15,16,17,18,19). The molecule has 6 nitrogen and oxygen atoms in total. The second-order valence-corrected chi connectivity index (χ2v) is 4.50. The van der Waals surface area contributed by atoms with Gasteiger partial charge in [-0.2, -0.15) is 0 Å². The number of anilines is 2. The highest BCUT2D eigenvalue weighted by molar-refractivity contribution is 5.94. The number of benzene rings is 1. The Labute approximate surface area is 115 Å². The van der Waals surface area contributed by atoms with Crippen LogP contribution in [0, 0.1) is 6.92 Å². The number of aromatic amines is 1. The van der Waals surface area contributed by atoms with Crippen LogP contribution in [0.15, 0.2) is 30.6 Å². The van der Waals surface area contributed by atoms with E-state index in [9.17, 15) is 4.79 Å². The molecule has 0 fully saturated rings. The molecule has 0 saturated heterocycles. The highest BCUT2D eigenvalue weighted by Gasteiger charge is 2.08. The number of carbonyl (C=O) groups excluding carboxylic acids is 1. The SMILES string of the molecule is CC(=O)c1ccc(Nc2ncnc3nc(C)[nH]c23)cc1. The minimum atomic E-state index is 0.0465. The molecule has 0 aliphatic heterocycles. The molecule has 0 aliphatic rings. The van der Waals surface area contributed by atoms with E-state index in [2.05, 4.69) is 25.3 Å². The maximum absolute atomic E-state index is 11.2. The molecule has 3 rings (SSSR count). The number of Topliss-reactive ketones (excluding diaryl/α,β-unsaturated/α-hetero) is 1. The molecule has 1 aromatic carbocycles. The van der Waals surface area contributed by atoms with Crippen molar-refractivity contribution in [2.24, 2.45) is 0 Å². The van der Waals surface area contributed by atoms with Crippen LogP contribution in [0.2, 0.25) is 0 Å². The van der Waals surface area contributed by atoms with Crippen molar-refractivity contribution >= 4 is 28.5 Å². The van der Waals surface area contributed by atoms with Gasteiger partial charge < -0.3 is 10.3 Å². The summed E-state index contributed by atoms with van der Waals surface area (Å²) in [5.74, 6) is 1.49. The molecule has 2 N–H and O–H groups in total. The Hall–Kier alpha value is -2.76. The number of imidazole rings is 1. The van der Waals surface area contributed by atoms with Gasteiger partial charge in [0, 0.05) is 11.3 Å². The number of nitrogens with one attached hydrogen (secondary N) is 2. The Morgan fingerprint density at radius 2 is 1.95 bits per heavy atom. The van der Waals surface area contributed by atoms with Crippen molar-refractivity contribution in [3.8, 4) is 0 Å². The van der Waals surface area contributed by atoms with Gasteiger partial charge in [0.05, 0.1) is 0 Å². The van der Waals surface area contributed by atoms with Crippen LogP contribution < -0.4 is 5.32 Å². The fourth-order valence-electron chi connectivity index (χ4n) is 1.96. The van der Waals surface area contributed by atoms with Crippen LogP contribution in [0.5, 0.6) is 0 Å². The van der Waals surface area contributed by atoms with Gasteiger partial charge in [-0.1, -0.05) is 0 Å². The Morgan fingerprint density at radius 1 is 1.20 bits per heavy atom. The van der Waals surface area contributed by atoms with Crippen LogP contribution in [0.25, 0.3) is 11.2 Å². The Morgan fingerprint density at radius 3 is 2.65 bits per heavy atom.